The van der Waals surface area contributed by atoms with Gasteiger partial charge >= 0.3 is 0 Å². The van der Waals surface area contributed by atoms with Crippen LogP contribution in [0.2, 0.25) is 0 Å². The lowest BCUT2D eigenvalue weighted by Crippen LogP contribution is -2.40. The SMILES string of the molecule is COc1ccc(C(=O)NCc2ccc(OCc3ccccn3)cc2)cc1S(=O)(=O)NC(C)(C)C. The molecule has 0 saturated heterocycles. The zero-order chi connectivity index (χ0) is 24.8. The molecule has 0 atom stereocenters. The molecule has 0 aliphatic rings. The number of benzene rings is 2. The lowest BCUT2D eigenvalue weighted by atomic mass is 10.1. The Bertz CT molecular complexity index is 1220. The van der Waals surface area contributed by atoms with Crippen molar-refractivity contribution < 1.29 is 22.7 Å². The van der Waals surface area contributed by atoms with Gasteiger partial charge in [0.05, 0.1) is 12.8 Å². The molecule has 3 rings (SSSR count). The first-order chi connectivity index (χ1) is 16.1. The average Bonchev–Trinajstić information content (AvgIpc) is 2.80. The van der Waals surface area contributed by atoms with Crippen molar-refractivity contribution in [3.8, 4) is 11.5 Å². The number of rotatable bonds is 9. The van der Waals surface area contributed by atoms with Gasteiger partial charge in [-0.15, -0.1) is 0 Å². The predicted octanol–water partition coefficient (Wildman–Crippen LogP) is 3.68. The van der Waals surface area contributed by atoms with Gasteiger partial charge in [0.15, 0.2) is 0 Å². The fourth-order valence-corrected chi connectivity index (χ4v) is 4.73. The highest BCUT2D eigenvalue weighted by Crippen LogP contribution is 2.26. The maximum atomic E-state index is 12.8. The second-order valence-corrected chi connectivity index (χ2v) is 10.3. The summed E-state index contributed by atoms with van der Waals surface area (Å²) in [5.74, 6) is 0.456. The van der Waals surface area contributed by atoms with E-state index in [-0.39, 0.29) is 22.8 Å². The van der Waals surface area contributed by atoms with Crippen molar-refractivity contribution in [3.05, 3.63) is 83.7 Å². The van der Waals surface area contributed by atoms with Crippen molar-refractivity contribution in [2.75, 3.05) is 7.11 Å². The fourth-order valence-electron chi connectivity index (χ4n) is 3.11. The van der Waals surface area contributed by atoms with Crippen LogP contribution >= 0.6 is 0 Å². The molecule has 0 unspecified atom stereocenters. The largest absolute Gasteiger partial charge is 0.495 e. The molecule has 0 fully saturated rings. The summed E-state index contributed by atoms with van der Waals surface area (Å²) in [6.07, 6.45) is 1.72. The van der Waals surface area contributed by atoms with E-state index in [9.17, 15) is 13.2 Å². The van der Waals surface area contributed by atoms with Crippen LogP contribution in [0.3, 0.4) is 0 Å². The van der Waals surface area contributed by atoms with Crippen LogP contribution in [0.15, 0.2) is 71.8 Å². The third kappa shape index (κ3) is 7.03. The smallest absolute Gasteiger partial charge is 0.251 e. The van der Waals surface area contributed by atoms with Gasteiger partial charge in [0.25, 0.3) is 5.91 Å². The van der Waals surface area contributed by atoms with Crippen molar-refractivity contribution in [2.24, 2.45) is 0 Å². The van der Waals surface area contributed by atoms with Gasteiger partial charge in [-0.25, -0.2) is 13.1 Å². The molecular formula is C25H29N3O5S. The molecule has 0 bridgehead atoms. The van der Waals surface area contributed by atoms with Crippen LogP contribution in [0, 0.1) is 0 Å². The van der Waals surface area contributed by atoms with E-state index in [4.69, 9.17) is 9.47 Å². The van der Waals surface area contributed by atoms with Gasteiger partial charge < -0.3 is 14.8 Å². The Hall–Kier alpha value is -3.43. The van der Waals surface area contributed by atoms with Crippen LogP contribution in [0.5, 0.6) is 11.5 Å². The number of hydrogen-bond acceptors (Lipinski definition) is 6. The van der Waals surface area contributed by atoms with Gasteiger partial charge in [0.1, 0.15) is 23.0 Å². The number of hydrogen-bond donors (Lipinski definition) is 2. The quantitative estimate of drug-likeness (QED) is 0.481. The van der Waals surface area contributed by atoms with Crippen LogP contribution in [0.4, 0.5) is 0 Å². The molecule has 1 heterocycles. The number of pyridine rings is 1. The molecule has 0 spiro atoms. The molecule has 1 amide bonds. The third-order valence-electron chi connectivity index (χ3n) is 4.65. The molecule has 2 aromatic carbocycles. The van der Waals surface area contributed by atoms with E-state index in [1.54, 1.807) is 27.0 Å². The average molecular weight is 484 g/mol. The van der Waals surface area contributed by atoms with E-state index in [1.165, 1.54) is 25.3 Å². The first kappa shape index (κ1) is 25.2. The molecule has 2 N–H and O–H groups in total. The second kappa shape index (κ2) is 10.7. The summed E-state index contributed by atoms with van der Waals surface area (Å²) in [7, 11) is -2.50. The van der Waals surface area contributed by atoms with Crippen molar-refractivity contribution in [1.29, 1.82) is 0 Å². The number of nitrogens with zero attached hydrogens (tertiary/aromatic N) is 1. The van der Waals surface area contributed by atoms with Crippen molar-refractivity contribution in [3.63, 3.8) is 0 Å². The summed E-state index contributed by atoms with van der Waals surface area (Å²) in [4.78, 5) is 16.8. The highest BCUT2D eigenvalue weighted by molar-refractivity contribution is 7.89. The van der Waals surface area contributed by atoms with Gasteiger partial charge in [0, 0.05) is 23.8 Å². The maximum absolute atomic E-state index is 12.8. The minimum atomic E-state index is -3.89. The highest BCUT2D eigenvalue weighted by atomic mass is 32.2. The maximum Gasteiger partial charge on any atom is 0.251 e. The van der Waals surface area contributed by atoms with Crippen molar-refractivity contribution >= 4 is 15.9 Å². The molecule has 0 radical (unpaired) electrons. The number of methoxy groups -OCH3 is 1. The zero-order valence-corrected chi connectivity index (χ0v) is 20.5. The Balaban J connectivity index is 1.64. The normalized spacial score (nSPS) is 11.6. The summed E-state index contributed by atoms with van der Waals surface area (Å²) in [6.45, 7) is 5.85. The van der Waals surface area contributed by atoms with E-state index in [2.05, 4.69) is 15.0 Å². The van der Waals surface area contributed by atoms with Gasteiger partial charge in [-0.1, -0.05) is 18.2 Å². The summed E-state index contributed by atoms with van der Waals surface area (Å²) in [5, 5.41) is 2.81. The first-order valence-electron chi connectivity index (χ1n) is 10.7. The van der Waals surface area contributed by atoms with E-state index in [0.29, 0.717) is 12.4 Å². The van der Waals surface area contributed by atoms with Gasteiger partial charge in [0.2, 0.25) is 10.0 Å². The Morgan fingerprint density at radius 3 is 2.38 bits per heavy atom. The van der Waals surface area contributed by atoms with Crippen molar-refractivity contribution in [1.82, 2.24) is 15.0 Å². The third-order valence-corrected chi connectivity index (χ3v) is 6.42. The van der Waals surface area contributed by atoms with Crippen LogP contribution in [-0.4, -0.2) is 32.0 Å². The minimum Gasteiger partial charge on any atom is -0.495 e. The van der Waals surface area contributed by atoms with Crippen molar-refractivity contribution in [2.45, 2.75) is 44.4 Å². The molecular weight excluding hydrogens is 454 g/mol. The molecule has 0 saturated carbocycles. The van der Waals surface area contributed by atoms with Gasteiger partial charge in [-0.2, -0.15) is 0 Å². The van der Waals surface area contributed by atoms with Gasteiger partial charge in [-0.3, -0.25) is 9.78 Å². The fraction of sp³-hybridized carbons (Fsp3) is 0.280. The number of amides is 1. The topological polar surface area (TPSA) is 107 Å². The molecule has 180 valence electrons. The van der Waals surface area contributed by atoms with Crippen LogP contribution in [0.1, 0.15) is 42.4 Å². The number of nitrogens with one attached hydrogen (secondary N) is 2. The summed E-state index contributed by atoms with van der Waals surface area (Å²) >= 11 is 0. The highest BCUT2D eigenvalue weighted by Gasteiger charge is 2.26. The predicted molar refractivity (Wildman–Crippen MR) is 129 cm³/mol. The number of sulfonamides is 1. The summed E-state index contributed by atoms with van der Waals surface area (Å²) < 4.78 is 39.1. The first-order valence-corrected chi connectivity index (χ1v) is 12.2. The van der Waals surface area contributed by atoms with Crippen LogP contribution < -0.4 is 19.5 Å². The van der Waals surface area contributed by atoms with Gasteiger partial charge in [-0.05, 0) is 68.8 Å². The van der Waals surface area contributed by atoms with Crippen LogP contribution in [-0.2, 0) is 23.2 Å². The molecule has 3 aromatic rings. The Labute approximate surface area is 200 Å². The summed E-state index contributed by atoms with van der Waals surface area (Å²) in [6, 6.07) is 17.3. The monoisotopic (exact) mass is 483 g/mol. The molecule has 0 aliphatic carbocycles. The number of carbonyl (C=O) groups excluding carboxylic acids is 1. The summed E-state index contributed by atoms with van der Waals surface area (Å²) in [5.41, 5.74) is 1.23. The minimum absolute atomic E-state index is 0.0908. The molecule has 9 heteroatoms. The number of ether oxygens (including phenoxy) is 2. The lowest BCUT2D eigenvalue weighted by molar-refractivity contribution is 0.0950. The van der Waals surface area contributed by atoms with E-state index in [0.717, 1.165) is 11.3 Å². The van der Waals surface area contributed by atoms with E-state index >= 15 is 0 Å². The molecule has 8 nitrogen and oxygen atoms in total. The Morgan fingerprint density at radius 2 is 1.76 bits per heavy atom. The second-order valence-electron chi connectivity index (χ2n) is 8.66. The Kier molecular flexibility index (Phi) is 7.90. The Morgan fingerprint density at radius 1 is 1.03 bits per heavy atom. The number of aromatic nitrogens is 1. The standard InChI is InChI=1S/C25H29N3O5S/c1-25(2,3)28-34(30,31)23-15-19(10-13-22(23)32-4)24(29)27-16-18-8-11-21(12-9-18)33-17-20-7-5-6-14-26-20/h5-15,28H,16-17H2,1-4H3,(H,27,29). The number of carbonyl (C=O) groups is 1. The van der Waals surface area contributed by atoms with E-state index < -0.39 is 21.5 Å². The molecule has 34 heavy (non-hydrogen) atoms. The molecule has 0 aliphatic heterocycles. The lowest BCUT2D eigenvalue weighted by Gasteiger charge is -2.21. The molecule has 1 aromatic heterocycles. The van der Waals surface area contributed by atoms with E-state index in [1.807, 2.05) is 42.5 Å². The zero-order valence-electron chi connectivity index (χ0n) is 19.7. The van der Waals surface area contributed by atoms with Crippen LogP contribution in [0.25, 0.3) is 0 Å².